The Kier molecular flexibility index (Phi) is 5.43. The van der Waals surface area contributed by atoms with E-state index in [1.54, 1.807) is 0 Å². The summed E-state index contributed by atoms with van der Waals surface area (Å²) < 4.78 is 6.03. The zero-order valence-corrected chi connectivity index (χ0v) is 18.3. The number of nitrogens with zero attached hydrogens (tertiary/aromatic N) is 1. The number of benzene rings is 3. The number of hydrogen-bond donors (Lipinski definition) is 0. The molecule has 1 aliphatic heterocycles. The second kappa shape index (κ2) is 8.35. The summed E-state index contributed by atoms with van der Waals surface area (Å²) >= 11 is 14.5. The van der Waals surface area contributed by atoms with Crippen LogP contribution in [0.3, 0.4) is 0 Å². The van der Waals surface area contributed by atoms with Crippen LogP contribution in [0, 0.1) is 0 Å². The molecule has 0 saturated carbocycles. The van der Waals surface area contributed by atoms with Gasteiger partial charge in [0.15, 0.2) is 0 Å². The summed E-state index contributed by atoms with van der Waals surface area (Å²) in [5.74, 6) is 2.69. The van der Waals surface area contributed by atoms with E-state index in [0.29, 0.717) is 10.0 Å². The summed E-state index contributed by atoms with van der Waals surface area (Å²) in [6.07, 6.45) is 4.96. The molecule has 0 spiro atoms. The molecular formula is C25H17Cl2NOS. The molecule has 1 aromatic heterocycles. The third-order valence-electron chi connectivity index (χ3n) is 5.02. The van der Waals surface area contributed by atoms with Gasteiger partial charge in [-0.25, -0.2) is 4.98 Å². The molecule has 3 aromatic carbocycles. The minimum absolute atomic E-state index is 0.633. The Bertz CT molecular complexity index is 1250. The Balaban J connectivity index is 1.55. The van der Waals surface area contributed by atoms with Crippen molar-refractivity contribution in [3.05, 3.63) is 93.6 Å². The van der Waals surface area contributed by atoms with E-state index >= 15 is 0 Å². The van der Waals surface area contributed by atoms with Gasteiger partial charge in [0.2, 0.25) is 0 Å². The van der Waals surface area contributed by atoms with Crippen molar-refractivity contribution in [2.45, 2.75) is 11.3 Å². The maximum Gasteiger partial charge on any atom is 0.128 e. The third kappa shape index (κ3) is 3.81. The van der Waals surface area contributed by atoms with Crippen molar-refractivity contribution in [1.29, 1.82) is 0 Å². The quantitative estimate of drug-likeness (QED) is 0.313. The van der Waals surface area contributed by atoms with E-state index in [4.69, 9.17) is 32.9 Å². The Hall–Kier alpha value is -2.46. The van der Waals surface area contributed by atoms with Crippen molar-refractivity contribution >= 4 is 58.0 Å². The van der Waals surface area contributed by atoms with Crippen molar-refractivity contribution in [3.8, 4) is 11.5 Å². The summed E-state index contributed by atoms with van der Waals surface area (Å²) in [5, 5.41) is 2.40. The number of pyridine rings is 1. The minimum Gasteiger partial charge on any atom is -0.457 e. The molecule has 148 valence electrons. The predicted octanol–water partition coefficient (Wildman–Crippen LogP) is 8.15. The third-order valence-corrected chi connectivity index (χ3v) is 6.84. The van der Waals surface area contributed by atoms with Crippen molar-refractivity contribution in [2.24, 2.45) is 0 Å². The largest absolute Gasteiger partial charge is 0.457 e. The molecule has 0 amide bonds. The molecule has 1 aliphatic rings. The van der Waals surface area contributed by atoms with Gasteiger partial charge < -0.3 is 4.74 Å². The van der Waals surface area contributed by atoms with Gasteiger partial charge in [0.05, 0.1) is 11.2 Å². The molecule has 2 heterocycles. The first-order valence-electron chi connectivity index (χ1n) is 9.63. The highest BCUT2D eigenvalue weighted by atomic mass is 35.5. The molecule has 4 aromatic rings. The lowest BCUT2D eigenvalue weighted by atomic mass is 10.1. The summed E-state index contributed by atoms with van der Waals surface area (Å²) in [6, 6.07) is 21.4. The van der Waals surface area contributed by atoms with Crippen LogP contribution in [0.2, 0.25) is 10.0 Å². The zero-order valence-electron chi connectivity index (χ0n) is 15.9. The number of aromatic nitrogens is 1. The number of rotatable bonds is 4. The zero-order chi connectivity index (χ0) is 20.5. The lowest BCUT2D eigenvalue weighted by molar-refractivity contribution is 0.483. The minimum atomic E-state index is 0.633. The van der Waals surface area contributed by atoms with Crippen LogP contribution in [-0.4, -0.2) is 10.7 Å². The molecule has 0 unspecified atom stereocenters. The highest BCUT2D eigenvalue weighted by molar-refractivity contribution is 7.99. The molecule has 0 aliphatic carbocycles. The lowest BCUT2D eigenvalue weighted by Gasteiger charge is -2.11. The van der Waals surface area contributed by atoms with Crippen LogP contribution >= 0.6 is 35.0 Å². The van der Waals surface area contributed by atoms with Gasteiger partial charge in [-0.2, -0.15) is 0 Å². The molecule has 0 saturated heterocycles. The van der Waals surface area contributed by atoms with Crippen LogP contribution in [0.4, 0.5) is 0 Å². The Morgan fingerprint density at radius 2 is 1.67 bits per heavy atom. The first-order valence-corrected chi connectivity index (χ1v) is 11.4. The van der Waals surface area contributed by atoms with Crippen molar-refractivity contribution in [1.82, 2.24) is 4.98 Å². The van der Waals surface area contributed by atoms with Gasteiger partial charge in [-0.3, -0.25) is 0 Å². The number of halogens is 2. The fraction of sp³-hybridized carbons (Fsp3) is 0.0800. The van der Waals surface area contributed by atoms with E-state index in [-0.39, 0.29) is 0 Å². The molecule has 0 bridgehead atoms. The van der Waals surface area contributed by atoms with Crippen LogP contribution < -0.4 is 4.74 Å². The Labute approximate surface area is 189 Å². The number of para-hydroxylation sites is 1. The molecule has 5 heteroatoms. The SMILES string of the molecule is Clc1cccc(Cl)c1C=Cc1nc2ccc(Oc3ccccc3)cc2c2c1CCS2. The van der Waals surface area contributed by atoms with Crippen LogP contribution in [0.5, 0.6) is 11.5 Å². The lowest BCUT2D eigenvalue weighted by Crippen LogP contribution is -1.94. The highest BCUT2D eigenvalue weighted by Crippen LogP contribution is 2.40. The van der Waals surface area contributed by atoms with Gasteiger partial charge in [0.1, 0.15) is 11.5 Å². The van der Waals surface area contributed by atoms with Crippen LogP contribution in [0.15, 0.2) is 71.6 Å². The van der Waals surface area contributed by atoms with E-state index in [1.807, 2.05) is 84.6 Å². The monoisotopic (exact) mass is 449 g/mol. The van der Waals surface area contributed by atoms with Gasteiger partial charge >= 0.3 is 0 Å². The molecule has 0 radical (unpaired) electrons. The van der Waals surface area contributed by atoms with E-state index in [2.05, 4.69) is 6.07 Å². The van der Waals surface area contributed by atoms with E-state index in [9.17, 15) is 0 Å². The fourth-order valence-corrected chi connectivity index (χ4v) is 5.32. The summed E-state index contributed by atoms with van der Waals surface area (Å²) in [7, 11) is 0. The average Bonchev–Trinajstić information content (AvgIpc) is 3.25. The molecule has 0 N–H and O–H groups in total. The number of fused-ring (bicyclic) bond motifs is 3. The maximum atomic E-state index is 6.32. The topological polar surface area (TPSA) is 22.1 Å². The van der Waals surface area contributed by atoms with Crippen molar-refractivity contribution < 1.29 is 4.74 Å². The molecule has 0 atom stereocenters. The van der Waals surface area contributed by atoms with Crippen LogP contribution in [0.25, 0.3) is 23.1 Å². The highest BCUT2D eigenvalue weighted by Gasteiger charge is 2.20. The van der Waals surface area contributed by atoms with E-state index < -0.39 is 0 Å². The number of ether oxygens (including phenoxy) is 1. The van der Waals surface area contributed by atoms with Crippen LogP contribution in [-0.2, 0) is 6.42 Å². The van der Waals surface area contributed by atoms with Gasteiger partial charge in [0.25, 0.3) is 0 Å². The standard InChI is InChI=1S/C25H17Cl2NOS/c26-21-7-4-8-22(27)18(21)10-12-23-19-13-14-30-25(19)20-15-17(9-11-24(20)28-23)29-16-5-2-1-3-6-16/h1-12,15H,13-14H2. The second-order valence-corrected chi connectivity index (χ2v) is 8.89. The summed E-state index contributed by atoms with van der Waals surface area (Å²) in [4.78, 5) is 6.21. The first-order chi connectivity index (χ1) is 14.7. The summed E-state index contributed by atoms with van der Waals surface area (Å²) in [5.41, 5.74) is 4.00. The number of thioether (sulfide) groups is 1. The normalized spacial score (nSPS) is 13.1. The second-order valence-electron chi connectivity index (χ2n) is 6.97. The van der Waals surface area contributed by atoms with E-state index in [0.717, 1.165) is 45.8 Å². The summed E-state index contributed by atoms with van der Waals surface area (Å²) in [6.45, 7) is 0. The fourth-order valence-electron chi connectivity index (χ4n) is 3.59. The van der Waals surface area contributed by atoms with Crippen molar-refractivity contribution in [3.63, 3.8) is 0 Å². The van der Waals surface area contributed by atoms with Gasteiger partial charge in [0, 0.05) is 31.6 Å². The van der Waals surface area contributed by atoms with Crippen molar-refractivity contribution in [2.75, 3.05) is 5.75 Å². The molecular weight excluding hydrogens is 433 g/mol. The van der Waals surface area contributed by atoms with Gasteiger partial charge in [-0.15, -0.1) is 11.8 Å². The average molecular weight is 450 g/mol. The van der Waals surface area contributed by atoms with Gasteiger partial charge in [-0.1, -0.05) is 47.5 Å². The Morgan fingerprint density at radius 3 is 2.47 bits per heavy atom. The Morgan fingerprint density at radius 1 is 0.867 bits per heavy atom. The molecule has 30 heavy (non-hydrogen) atoms. The molecule has 2 nitrogen and oxygen atoms in total. The predicted molar refractivity (Wildman–Crippen MR) is 128 cm³/mol. The van der Waals surface area contributed by atoms with Gasteiger partial charge in [-0.05, 0) is 66.6 Å². The van der Waals surface area contributed by atoms with Crippen LogP contribution in [0.1, 0.15) is 16.8 Å². The maximum absolute atomic E-state index is 6.32. The molecule has 5 rings (SSSR count). The smallest absolute Gasteiger partial charge is 0.128 e. The van der Waals surface area contributed by atoms with E-state index in [1.165, 1.54) is 10.5 Å². The number of hydrogen-bond acceptors (Lipinski definition) is 3. The first kappa shape index (κ1) is 19.5. The molecule has 0 fully saturated rings.